The van der Waals surface area contributed by atoms with Gasteiger partial charge in [-0.1, -0.05) is 36.9 Å². The molecule has 0 atom stereocenters. The fourth-order valence-corrected chi connectivity index (χ4v) is 2.72. The van der Waals surface area contributed by atoms with E-state index in [9.17, 15) is 5.11 Å². The second kappa shape index (κ2) is 4.03. The summed E-state index contributed by atoms with van der Waals surface area (Å²) in [6, 6.07) is 5.08. The molecule has 0 heterocycles. The van der Waals surface area contributed by atoms with Crippen molar-refractivity contribution in [2.75, 3.05) is 0 Å². The predicted octanol–water partition coefficient (Wildman–Crippen LogP) is 3.16. The molecule has 0 aliphatic heterocycles. The van der Waals surface area contributed by atoms with E-state index in [2.05, 4.69) is 0 Å². The molecule has 1 aliphatic carbocycles. The molecule has 2 rings (SSSR count). The molecule has 1 saturated carbocycles. The van der Waals surface area contributed by atoms with Crippen molar-refractivity contribution in [2.45, 2.75) is 37.6 Å². The van der Waals surface area contributed by atoms with Gasteiger partial charge in [0.2, 0.25) is 0 Å². The molecule has 3 heteroatoms. The molecule has 0 unspecified atom stereocenters. The van der Waals surface area contributed by atoms with Gasteiger partial charge in [-0.15, -0.1) is 0 Å². The molecule has 1 aliphatic rings. The fourth-order valence-electron chi connectivity index (χ4n) is 2.36. The SMILES string of the molecule is NC1(c2ccc(O)cc2Cl)CCCCC1. The van der Waals surface area contributed by atoms with Gasteiger partial charge >= 0.3 is 0 Å². The Bertz CT molecular complexity index is 359. The van der Waals surface area contributed by atoms with E-state index in [0.29, 0.717) is 5.02 Å². The lowest BCUT2D eigenvalue weighted by Gasteiger charge is -2.34. The number of benzene rings is 1. The van der Waals surface area contributed by atoms with E-state index in [1.807, 2.05) is 6.07 Å². The molecule has 0 saturated heterocycles. The molecule has 0 aromatic heterocycles. The van der Waals surface area contributed by atoms with Crippen LogP contribution >= 0.6 is 11.6 Å². The van der Waals surface area contributed by atoms with Crippen LogP contribution in [0.1, 0.15) is 37.7 Å². The lowest BCUT2D eigenvalue weighted by atomic mass is 9.77. The third kappa shape index (κ3) is 2.11. The molecule has 0 radical (unpaired) electrons. The van der Waals surface area contributed by atoms with E-state index in [1.165, 1.54) is 6.42 Å². The van der Waals surface area contributed by atoms with E-state index in [4.69, 9.17) is 17.3 Å². The smallest absolute Gasteiger partial charge is 0.117 e. The topological polar surface area (TPSA) is 46.2 Å². The van der Waals surface area contributed by atoms with Crippen LogP contribution in [-0.2, 0) is 5.54 Å². The van der Waals surface area contributed by atoms with Crippen molar-refractivity contribution in [3.63, 3.8) is 0 Å². The van der Waals surface area contributed by atoms with Gasteiger partial charge in [-0.05, 0) is 30.5 Å². The zero-order valence-corrected chi connectivity index (χ0v) is 9.43. The van der Waals surface area contributed by atoms with Crippen LogP contribution in [0.2, 0.25) is 5.02 Å². The van der Waals surface area contributed by atoms with Gasteiger partial charge < -0.3 is 10.8 Å². The third-order valence-electron chi connectivity index (χ3n) is 3.23. The van der Waals surface area contributed by atoms with Crippen molar-refractivity contribution < 1.29 is 5.11 Å². The van der Waals surface area contributed by atoms with Crippen LogP contribution < -0.4 is 5.73 Å². The summed E-state index contributed by atoms with van der Waals surface area (Å²) in [5, 5.41) is 9.88. The number of aromatic hydroxyl groups is 1. The maximum Gasteiger partial charge on any atom is 0.117 e. The molecule has 82 valence electrons. The number of halogens is 1. The van der Waals surface area contributed by atoms with E-state index < -0.39 is 0 Å². The van der Waals surface area contributed by atoms with E-state index >= 15 is 0 Å². The first-order valence-corrected chi connectivity index (χ1v) is 5.77. The van der Waals surface area contributed by atoms with Crippen molar-refractivity contribution in [3.05, 3.63) is 28.8 Å². The molecule has 3 N–H and O–H groups in total. The zero-order chi connectivity index (χ0) is 10.9. The third-order valence-corrected chi connectivity index (χ3v) is 3.55. The number of rotatable bonds is 1. The minimum Gasteiger partial charge on any atom is -0.508 e. The first kappa shape index (κ1) is 10.8. The first-order valence-electron chi connectivity index (χ1n) is 5.40. The van der Waals surface area contributed by atoms with Crippen LogP contribution in [0.4, 0.5) is 0 Å². The Morgan fingerprint density at radius 3 is 2.47 bits per heavy atom. The molecular formula is C12H16ClNO. The highest BCUT2D eigenvalue weighted by Crippen LogP contribution is 2.38. The highest BCUT2D eigenvalue weighted by Gasteiger charge is 2.31. The van der Waals surface area contributed by atoms with Gasteiger partial charge in [0.1, 0.15) is 5.75 Å². The van der Waals surface area contributed by atoms with Crippen LogP contribution in [-0.4, -0.2) is 5.11 Å². The van der Waals surface area contributed by atoms with Gasteiger partial charge in [0.25, 0.3) is 0 Å². The Hall–Kier alpha value is -0.730. The Labute approximate surface area is 95.1 Å². The van der Waals surface area contributed by atoms with Crippen LogP contribution in [0.25, 0.3) is 0 Å². The fraction of sp³-hybridized carbons (Fsp3) is 0.500. The summed E-state index contributed by atoms with van der Waals surface area (Å²) in [5.41, 5.74) is 7.05. The summed E-state index contributed by atoms with van der Waals surface area (Å²) >= 11 is 6.11. The molecule has 2 nitrogen and oxygen atoms in total. The largest absolute Gasteiger partial charge is 0.508 e. The van der Waals surface area contributed by atoms with Crippen molar-refractivity contribution in [2.24, 2.45) is 5.73 Å². The summed E-state index contributed by atoms with van der Waals surface area (Å²) in [6.45, 7) is 0. The second-order valence-electron chi connectivity index (χ2n) is 4.38. The van der Waals surface area contributed by atoms with Crippen LogP contribution in [0, 0.1) is 0 Å². The summed E-state index contributed by atoms with van der Waals surface area (Å²) in [7, 11) is 0. The molecule has 0 bridgehead atoms. The number of hydrogen-bond donors (Lipinski definition) is 2. The second-order valence-corrected chi connectivity index (χ2v) is 4.79. The Kier molecular flexibility index (Phi) is 2.89. The summed E-state index contributed by atoms with van der Waals surface area (Å²) in [6.07, 6.45) is 5.55. The number of phenols is 1. The molecule has 1 aromatic carbocycles. The van der Waals surface area contributed by atoms with Crippen LogP contribution in [0.3, 0.4) is 0 Å². The highest BCUT2D eigenvalue weighted by molar-refractivity contribution is 6.31. The van der Waals surface area contributed by atoms with Crippen molar-refractivity contribution in [1.29, 1.82) is 0 Å². The highest BCUT2D eigenvalue weighted by atomic mass is 35.5. The van der Waals surface area contributed by atoms with Crippen LogP contribution in [0.5, 0.6) is 5.75 Å². The normalized spacial score (nSPS) is 20.1. The van der Waals surface area contributed by atoms with E-state index in [0.717, 1.165) is 31.2 Å². The Balaban J connectivity index is 2.35. The first-order chi connectivity index (χ1) is 7.12. The molecule has 0 amide bonds. The lowest BCUT2D eigenvalue weighted by Crippen LogP contribution is -2.38. The number of hydrogen-bond acceptors (Lipinski definition) is 2. The monoisotopic (exact) mass is 225 g/mol. The maximum atomic E-state index is 9.29. The summed E-state index contributed by atoms with van der Waals surface area (Å²) < 4.78 is 0. The predicted molar refractivity (Wildman–Crippen MR) is 62.1 cm³/mol. The summed E-state index contributed by atoms with van der Waals surface area (Å²) in [4.78, 5) is 0. The number of phenolic OH excluding ortho intramolecular Hbond substituents is 1. The Morgan fingerprint density at radius 2 is 1.87 bits per heavy atom. The van der Waals surface area contributed by atoms with Crippen LogP contribution in [0.15, 0.2) is 18.2 Å². The maximum absolute atomic E-state index is 9.29. The minimum atomic E-state index is -0.289. The molecule has 0 spiro atoms. The zero-order valence-electron chi connectivity index (χ0n) is 8.67. The molecule has 1 fully saturated rings. The average molecular weight is 226 g/mol. The van der Waals surface area contributed by atoms with Crippen molar-refractivity contribution in [3.8, 4) is 5.75 Å². The van der Waals surface area contributed by atoms with Gasteiger partial charge in [0, 0.05) is 10.6 Å². The average Bonchev–Trinajstić information content (AvgIpc) is 2.18. The van der Waals surface area contributed by atoms with Gasteiger partial charge in [-0.25, -0.2) is 0 Å². The lowest BCUT2D eigenvalue weighted by molar-refractivity contribution is 0.302. The molecule has 1 aromatic rings. The van der Waals surface area contributed by atoms with Gasteiger partial charge in [0.15, 0.2) is 0 Å². The summed E-state index contributed by atoms with van der Waals surface area (Å²) in [5.74, 6) is 0.197. The quantitative estimate of drug-likeness (QED) is 0.771. The standard InChI is InChI=1S/C12H16ClNO/c13-11-8-9(15)4-5-10(11)12(14)6-2-1-3-7-12/h4-5,8,15H,1-3,6-7,14H2. The molecule has 15 heavy (non-hydrogen) atoms. The van der Waals surface area contributed by atoms with Gasteiger partial charge in [-0.2, -0.15) is 0 Å². The molecular weight excluding hydrogens is 210 g/mol. The van der Waals surface area contributed by atoms with Gasteiger partial charge in [-0.3, -0.25) is 0 Å². The van der Waals surface area contributed by atoms with Crippen molar-refractivity contribution >= 4 is 11.6 Å². The minimum absolute atomic E-state index is 0.197. The Morgan fingerprint density at radius 1 is 1.20 bits per heavy atom. The van der Waals surface area contributed by atoms with Crippen molar-refractivity contribution in [1.82, 2.24) is 0 Å². The number of nitrogens with two attached hydrogens (primary N) is 1. The van der Waals surface area contributed by atoms with E-state index in [-0.39, 0.29) is 11.3 Å². The van der Waals surface area contributed by atoms with Gasteiger partial charge in [0.05, 0.1) is 0 Å². The van der Waals surface area contributed by atoms with E-state index in [1.54, 1.807) is 12.1 Å².